The largest absolute Gasteiger partial charge is 0.469 e. The Balaban J connectivity index is 3.11. The van der Waals surface area contributed by atoms with Crippen LogP contribution in [0, 0.1) is 11.7 Å². The van der Waals surface area contributed by atoms with Crippen molar-refractivity contribution in [2.24, 2.45) is 5.92 Å². The maximum atomic E-state index is 12.8. The van der Waals surface area contributed by atoms with Gasteiger partial charge in [0.1, 0.15) is 11.4 Å². The zero-order valence-electron chi connectivity index (χ0n) is 10.2. The normalized spacial score (nSPS) is 16.1. The van der Waals surface area contributed by atoms with Crippen LogP contribution in [0.25, 0.3) is 0 Å². The van der Waals surface area contributed by atoms with Gasteiger partial charge in [-0.1, -0.05) is 19.1 Å². The molecule has 2 unspecified atom stereocenters. The molecule has 0 aromatic heterocycles. The van der Waals surface area contributed by atoms with Crippen LogP contribution in [0.1, 0.15) is 25.8 Å². The van der Waals surface area contributed by atoms with Gasteiger partial charge in [0.05, 0.1) is 13.0 Å². The number of ether oxygens (including phenoxy) is 1. The third-order valence-corrected chi connectivity index (χ3v) is 3.15. The Morgan fingerprint density at radius 2 is 2.00 bits per heavy atom. The van der Waals surface area contributed by atoms with E-state index in [1.807, 2.05) is 0 Å². The molecule has 0 bridgehead atoms. The minimum absolute atomic E-state index is 0.342. The number of aliphatic hydroxyl groups is 1. The summed E-state index contributed by atoms with van der Waals surface area (Å²) in [4.78, 5) is 11.5. The van der Waals surface area contributed by atoms with Crippen LogP contribution in [0.3, 0.4) is 0 Å². The molecule has 0 aliphatic rings. The SMILES string of the molecule is CCC(O)(c1ccc(F)cc1)C(C)C(=O)OC. The van der Waals surface area contributed by atoms with E-state index in [2.05, 4.69) is 4.74 Å². The predicted octanol–water partition coefficient (Wildman–Crippen LogP) is 2.23. The van der Waals surface area contributed by atoms with Crippen LogP contribution in [0.15, 0.2) is 24.3 Å². The highest BCUT2D eigenvalue weighted by molar-refractivity contribution is 5.73. The van der Waals surface area contributed by atoms with Gasteiger partial charge in [0.15, 0.2) is 0 Å². The second kappa shape index (κ2) is 5.27. The number of esters is 1. The van der Waals surface area contributed by atoms with Crippen LogP contribution in [0.2, 0.25) is 0 Å². The predicted molar refractivity (Wildman–Crippen MR) is 61.8 cm³/mol. The van der Waals surface area contributed by atoms with Gasteiger partial charge in [-0.25, -0.2) is 4.39 Å². The van der Waals surface area contributed by atoms with Gasteiger partial charge in [-0.3, -0.25) is 4.79 Å². The summed E-state index contributed by atoms with van der Waals surface area (Å²) in [5.74, 6) is -1.57. The number of carbonyl (C=O) groups is 1. The van der Waals surface area contributed by atoms with Gasteiger partial charge in [0.25, 0.3) is 0 Å². The molecule has 0 saturated heterocycles. The molecule has 0 fully saturated rings. The lowest BCUT2D eigenvalue weighted by molar-refractivity contribution is -0.155. The van der Waals surface area contributed by atoms with Crippen molar-refractivity contribution in [2.45, 2.75) is 25.9 Å². The molecule has 0 aliphatic carbocycles. The molecule has 17 heavy (non-hydrogen) atoms. The monoisotopic (exact) mass is 240 g/mol. The quantitative estimate of drug-likeness (QED) is 0.821. The Hall–Kier alpha value is -1.42. The molecule has 1 rings (SSSR count). The summed E-state index contributed by atoms with van der Waals surface area (Å²) in [6, 6.07) is 5.50. The topological polar surface area (TPSA) is 46.5 Å². The molecule has 0 radical (unpaired) electrons. The fraction of sp³-hybridized carbons (Fsp3) is 0.462. The third-order valence-electron chi connectivity index (χ3n) is 3.15. The summed E-state index contributed by atoms with van der Waals surface area (Å²) in [6.07, 6.45) is 0.342. The van der Waals surface area contributed by atoms with Gasteiger partial charge >= 0.3 is 5.97 Å². The molecule has 0 aliphatic heterocycles. The molecule has 3 nitrogen and oxygen atoms in total. The Labute approximate surface area is 100 Å². The first kappa shape index (κ1) is 13.6. The molecule has 4 heteroatoms. The van der Waals surface area contributed by atoms with Crippen LogP contribution in [0.5, 0.6) is 0 Å². The van der Waals surface area contributed by atoms with Gasteiger partial charge in [0.2, 0.25) is 0 Å². The zero-order valence-corrected chi connectivity index (χ0v) is 10.2. The lowest BCUT2D eigenvalue weighted by Crippen LogP contribution is -2.38. The fourth-order valence-corrected chi connectivity index (χ4v) is 1.87. The molecule has 0 saturated carbocycles. The van der Waals surface area contributed by atoms with E-state index in [9.17, 15) is 14.3 Å². The second-order valence-corrected chi connectivity index (χ2v) is 4.03. The molecule has 2 atom stereocenters. The van der Waals surface area contributed by atoms with Gasteiger partial charge in [0, 0.05) is 0 Å². The summed E-state index contributed by atoms with van der Waals surface area (Å²) in [5.41, 5.74) is -0.819. The van der Waals surface area contributed by atoms with E-state index in [4.69, 9.17) is 0 Å². The standard InChI is InChI=1S/C13H17FO3/c1-4-13(16,9(2)12(15)17-3)10-5-7-11(14)8-6-10/h5-9,16H,4H2,1-3H3. The first-order chi connectivity index (χ1) is 7.95. The minimum atomic E-state index is -1.33. The lowest BCUT2D eigenvalue weighted by Gasteiger charge is -2.32. The molecule has 1 aromatic rings. The van der Waals surface area contributed by atoms with Crippen molar-refractivity contribution >= 4 is 5.97 Å². The number of methoxy groups -OCH3 is 1. The minimum Gasteiger partial charge on any atom is -0.469 e. The molecule has 94 valence electrons. The smallest absolute Gasteiger partial charge is 0.311 e. The van der Waals surface area contributed by atoms with Crippen LogP contribution in [-0.4, -0.2) is 18.2 Å². The molecular formula is C13H17FO3. The number of hydrogen-bond acceptors (Lipinski definition) is 3. The van der Waals surface area contributed by atoms with E-state index in [1.165, 1.54) is 31.4 Å². The second-order valence-electron chi connectivity index (χ2n) is 4.03. The fourth-order valence-electron chi connectivity index (χ4n) is 1.87. The van der Waals surface area contributed by atoms with Crippen molar-refractivity contribution in [3.8, 4) is 0 Å². The van der Waals surface area contributed by atoms with E-state index < -0.39 is 17.5 Å². The van der Waals surface area contributed by atoms with E-state index in [0.29, 0.717) is 12.0 Å². The zero-order chi connectivity index (χ0) is 13.1. The number of carbonyl (C=O) groups excluding carboxylic acids is 1. The average molecular weight is 240 g/mol. The third kappa shape index (κ3) is 2.64. The van der Waals surface area contributed by atoms with Gasteiger partial charge < -0.3 is 9.84 Å². The average Bonchev–Trinajstić information content (AvgIpc) is 2.36. The van der Waals surface area contributed by atoms with Crippen LogP contribution in [-0.2, 0) is 15.1 Å². The number of halogens is 1. The van der Waals surface area contributed by atoms with Crippen LogP contribution < -0.4 is 0 Å². The van der Waals surface area contributed by atoms with Crippen molar-refractivity contribution in [3.05, 3.63) is 35.6 Å². The van der Waals surface area contributed by atoms with E-state index >= 15 is 0 Å². The molecule has 0 spiro atoms. The van der Waals surface area contributed by atoms with E-state index in [0.717, 1.165) is 0 Å². The maximum absolute atomic E-state index is 12.8. The maximum Gasteiger partial charge on any atom is 0.311 e. The molecule has 0 amide bonds. The number of rotatable bonds is 4. The Kier molecular flexibility index (Phi) is 4.23. The van der Waals surface area contributed by atoms with Gasteiger partial charge in [-0.15, -0.1) is 0 Å². The van der Waals surface area contributed by atoms with Crippen molar-refractivity contribution < 1.29 is 19.0 Å². The highest BCUT2D eigenvalue weighted by Crippen LogP contribution is 2.33. The Bertz CT molecular complexity index is 388. The first-order valence-corrected chi connectivity index (χ1v) is 5.52. The lowest BCUT2D eigenvalue weighted by atomic mass is 9.80. The number of hydrogen-bond donors (Lipinski definition) is 1. The van der Waals surface area contributed by atoms with E-state index in [1.54, 1.807) is 13.8 Å². The molecule has 1 N–H and O–H groups in total. The summed E-state index contributed by atoms with van der Waals surface area (Å²) in [5, 5.41) is 10.5. The highest BCUT2D eigenvalue weighted by Gasteiger charge is 2.39. The highest BCUT2D eigenvalue weighted by atomic mass is 19.1. The summed E-state index contributed by atoms with van der Waals surface area (Å²) < 4.78 is 17.5. The molecule has 0 heterocycles. The van der Waals surface area contributed by atoms with Crippen LogP contribution in [0.4, 0.5) is 4.39 Å². The summed E-state index contributed by atoms with van der Waals surface area (Å²) >= 11 is 0. The Morgan fingerprint density at radius 1 is 1.47 bits per heavy atom. The molecule has 1 aromatic carbocycles. The molecular weight excluding hydrogens is 223 g/mol. The van der Waals surface area contributed by atoms with Gasteiger partial charge in [-0.2, -0.15) is 0 Å². The first-order valence-electron chi connectivity index (χ1n) is 5.52. The van der Waals surface area contributed by atoms with Crippen molar-refractivity contribution in [1.82, 2.24) is 0 Å². The number of benzene rings is 1. The van der Waals surface area contributed by atoms with Gasteiger partial charge in [-0.05, 0) is 31.0 Å². The summed E-state index contributed by atoms with van der Waals surface area (Å²) in [7, 11) is 1.28. The Morgan fingerprint density at radius 3 is 2.41 bits per heavy atom. The van der Waals surface area contributed by atoms with Crippen molar-refractivity contribution in [2.75, 3.05) is 7.11 Å². The van der Waals surface area contributed by atoms with Crippen molar-refractivity contribution in [1.29, 1.82) is 0 Å². The van der Waals surface area contributed by atoms with E-state index in [-0.39, 0.29) is 5.82 Å². The van der Waals surface area contributed by atoms with Crippen molar-refractivity contribution in [3.63, 3.8) is 0 Å². The van der Waals surface area contributed by atoms with Crippen LogP contribution >= 0.6 is 0 Å². The summed E-state index contributed by atoms with van der Waals surface area (Å²) in [6.45, 7) is 3.36.